The molecule has 1 fully saturated rings. The Morgan fingerprint density at radius 3 is 2.50 bits per heavy atom. The van der Waals surface area contributed by atoms with Crippen molar-refractivity contribution in [3.8, 4) is 5.75 Å². The molecule has 3 unspecified atom stereocenters. The molecule has 112 valence electrons. The third kappa shape index (κ3) is 4.15. The summed E-state index contributed by atoms with van der Waals surface area (Å²) in [6, 6.07) is 7.26. The number of benzene rings is 1. The first-order valence-electron chi connectivity index (χ1n) is 7.09. The first-order chi connectivity index (χ1) is 9.58. The van der Waals surface area contributed by atoms with Crippen LogP contribution in [0.4, 0.5) is 8.78 Å². The molecule has 0 saturated heterocycles. The van der Waals surface area contributed by atoms with Gasteiger partial charge >= 0.3 is 6.61 Å². The zero-order chi connectivity index (χ0) is 14.5. The van der Waals surface area contributed by atoms with Gasteiger partial charge in [0, 0.05) is 18.6 Å². The minimum absolute atomic E-state index is 0.0610. The highest BCUT2D eigenvalue weighted by atomic mass is 19.3. The molecule has 2 rings (SSSR count). The van der Waals surface area contributed by atoms with Crippen molar-refractivity contribution in [3.05, 3.63) is 29.8 Å². The van der Waals surface area contributed by atoms with E-state index in [1.54, 1.807) is 24.3 Å². The van der Waals surface area contributed by atoms with E-state index < -0.39 is 6.61 Å². The minimum atomic E-state index is -2.79. The molecule has 1 aliphatic rings. The van der Waals surface area contributed by atoms with Crippen LogP contribution in [0, 0.1) is 5.92 Å². The van der Waals surface area contributed by atoms with Crippen molar-refractivity contribution in [2.45, 2.75) is 44.9 Å². The van der Waals surface area contributed by atoms with Gasteiger partial charge in [-0.3, -0.25) is 0 Å². The number of hydrogen-bond donors (Lipinski definition) is 2. The summed E-state index contributed by atoms with van der Waals surface area (Å²) >= 11 is 0. The van der Waals surface area contributed by atoms with E-state index in [0.717, 1.165) is 11.5 Å². The van der Waals surface area contributed by atoms with E-state index in [1.165, 1.54) is 19.3 Å². The molecule has 0 aromatic heterocycles. The number of alkyl halides is 2. The lowest BCUT2D eigenvalue weighted by molar-refractivity contribution is -0.0498. The van der Waals surface area contributed by atoms with Gasteiger partial charge in [-0.1, -0.05) is 19.1 Å². The van der Waals surface area contributed by atoms with E-state index in [2.05, 4.69) is 17.0 Å². The maximum absolute atomic E-state index is 12.1. The summed E-state index contributed by atoms with van der Waals surface area (Å²) in [6.07, 6.45) is 3.59. The van der Waals surface area contributed by atoms with E-state index in [1.807, 2.05) is 0 Å². The van der Waals surface area contributed by atoms with Gasteiger partial charge in [0.1, 0.15) is 5.75 Å². The highest BCUT2D eigenvalue weighted by Crippen LogP contribution is 2.27. The number of ether oxygens (including phenoxy) is 1. The van der Waals surface area contributed by atoms with Crippen LogP contribution in [0.3, 0.4) is 0 Å². The van der Waals surface area contributed by atoms with Crippen LogP contribution in [0.1, 0.15) is 37.8 Å². The second-order valence-electron chi connectivity index (χ2n) is 5.52. The van der Waals surface area contributed by atoms with Crippen molar-refractivity contribution < 1.29 is 13.5 Å². The molecule has 0 radical (unpaired) electrons. The van der Waals surface area contributed by atoms with Crippen LogP contribution >= 0.6 is 0 Å². The molecule has 0 spiro atoms. The van der Waals surface area contributed by atoms with Gasteiger partial charge in [0.15, 0.2) is 0 Å². The molecule has 1 aromatic carbocycles. The number of nitrogens with two attached hydrogens (primary N) is 1. The van der Waals surface area contributed by atoms with Gasteiger partial charge in [0.2, 0.25) is 0 Å². The molecule has 3 nitrogen and oxygen atoms in total. The highest BCUT2D eigenvalue weighted by Gasteiger charge is 2.23. The summed E-state index contributed by atoms with van der Waals surface area (Å²) in [5.74, 6) is 0.932. The van der Waals surface area contributed by atoms with Gasteiger partial charge in [-0.25, -0.2) is 0 Å². The fourth-order valence-electron chi connectivity index (χ4n) is 2.82. The summed E-state index contributed by atoms with van der Waals surface area (Å²) in [5.41, 5.74) is 6.83. The number of hydrogen-bond acceptors (Lipinski definition) is 3. The average Bonchev–Trinajstić information content (AvgIpc) is 2.82. The van der Waals surface area contributed by atoms with Crippen LogP contribution in [0.15, 0.2) is 24.3 Å². The summed E-state index contributed by atoms with van der Waals surface area (Å²) in [4.78, 5) is 0. The molecular weight excluding hydrogens is 262 g/mol. The van der Waals surface area contributed by atoms with Gasteiger partial charge in [0.25, 0.3) is 0 Å². The molecule has 3 N–H and O–H groups in total. The quantitative estimate of drug-likeness (QED) is 0.844. The minimum Gasteiger partial charge on any atom is -0.435 e. The molecule has 0 heterocycles. The van der Waals surface area contributed by atoms with E-state index in [9.17, 15) is 8.78 Å². The molecule has 5 heteroatoms. The Balaban J connectivity index is 1.96. The Bertz CT molecular complexity index is 411. The largest absolute Gasteiger partial charge is 0.435 e. The average molecular weight is 284 g/mol. The van der Waals surface area contributed by atoms with Crippen LogP contribution in [0.25, 0.3) is 0 Å². The summed E-state index contributed by atoms with van der Waals surface area (Å²) in [7, 11) is 0. The number of halogens is 2. The van der Waals surface area contributed by atoms with Crippen molar-refractivity contribution in [1.29, 1.82) is 0 Å². The second kappa shape index (κ2) is 6.99. The fraction of sp³-hybridized carbons (Fsp3) is 0.600. The highest BCUT2D eigenvalue weighted by molar-refractivity contribution is 5.29. The molecular formula is C15H22F2N2O. The van der Waals surface area contributed by atoms with Crippen LogP contribution in [0.2, 0.25) is 0 Å². The first-order valence-corrected chi connectivity index (χ1v) is 7.09. The zero-order valence-electron chi connectivity index (χ0n) is 11.7. The predicted molar refractivity (Wildman–Crippen MR) is 74.8 cm³/mol. The predicted octanol–water partition coefficient (Wildman–Crippen LogP) is 3.07. The Kier molecular flexibility index (Phi) is 5.31. The Morgan fingerprint density at radius 2 is 2.00 bits per heavy atom. The van der Waals surface area contributed by atoms with Crippen molar-refractivity contribution in [2.75, 3.05) is 6.54 Å². The van der Waals surface area contributed by atoms with Gasteiger partial charge in [-0.05, 0) is 42.9 Å². The molecule has 0 amide bonds. The first kappa shape index (κ1) is 15.2. The Morgan fingerprint density at radius 1 is 1.30 bits per heavy atom. The van der Waals surface area contributed by atoms with Crippen LogP contribution in [0.5, 0.6) is 5.75 Å². The zero-order valence-corrected chi connectivity index (χ0v) is 11.7. The number of nitrogens with one attached hydrogen (secondary N) is 1. The summed E-state index contributed by atoms with van der Waals surface area (Å²) in [6.45, 7) is -0.0422. The standard InChI is InChI=1S/C15H22F2N2O/c1-10-2-5-12(8-10)19-14(9-18)11-3-6-13(7-4-11)20-15(16)17/h3-4,6-7,10,12,14-15,19H,2,5,8-9,18H2,1H3. The van der Waals surface area contributed by atoms with Crippen LogP contribution < -0.4 is 15.8 Å². The third-order valence-electron chi connectivity index (χ3n) is 3.88. The lowest BCUT2D eigenvalue weighted by Gasteiger charge is -2.22. The molecule has 0 bridgehead atoms. The van der Waals surface area contributed by atoms with Gasteiger partial charge in [-0.15, -0.1) is 0 Å². The monoisotopic (exact) mass is 284 g/mol. The smallest absolute Gasteiger partial charge is 0.387 e. The Hall–Kier alpha value is -1.20. The SMILES string of the molecule is CC1CCC(NC(CN)c2ccc(OC(F)F)cc2)C1. The molecule has 20 heavy (non-hydrogen) atoms. The lowest BCUT2D eigenvalue weighted by Crippen LogP contribution is -2.35. The molecule has 1 aromatic rings. The van der Waals surface area contributed by atoms with Crippen molar-refractivity contribution in [3.63, 3.8) is 0 Å². The van der Waals surface area contributed by atoms with Crippen LogP contribution in [-0.4, -0.2) is 19.2 Å². The van der Waals surface area contributed by atoms with Crippen LogP contribution in [-0.2, 0) is 0 Å². The second-order valence-corrected chi connectivity index (χ2v) is 5.52. The van der Waals surface area contributed by atoms with Crippen molar-refractivity contribution >= 4 is 0 Å². The van der Waals surface area contributed by atoms with E-state index >= 15 is 0 Å². The molecule has 1 saturated carbocycles. The molecule has 3 atom stereocenters. The van der Waals surface area contributed by atoms with Gasteiger partial charge in [-0.2, -0.15) is 8.78 Å². The van der Waals surface area contributed by atoms with Gasteiger partial charge in [0.05, 0.1) is 0 Å². The summed E-state index contributed by atoms with van der Waals surface area (Å²) in [5, 5.41) is 3.56. The molecule has 0 aliphatic heterocycles. The van der Waals surface area contributed by atoms with E-state index in [0.29, 0.717) is 12.6 Å². The maximum Gasteiger partial charge on any atom is 0.387 e. The lowest BCUT2D eigenvalue weighted by atomic mass is 10.0. The molecule has 1 aliphatic carbocycles. The number of rotatable bonds is 6. The Labute approximate surface area is 118 Å². The van der Waals surface area contributed by atoms with Crippen molar-refractivity contribution in [2.24, 2.45) is 11.7 Å². The van der Waals surface area contributed by atoms with Gasteiger partial charge < -0.3 is 15.8 Å². The van der Waals surface area contributed by atoms with E-state index in [-0.39, 0.29) is 11.8 Å². The normalized spacial score (nSPS) is 24.1. The van der Waals surface area contributed by atoms with Crippen molar-refractivity contribution in [1.82, 2.24) is 5.32 Å². The third-order valence-corrected chi connectivity index (χ3v) is 3.88. The topological polar surface area (TPSA) is 47.3 Å². The van der Waals surface area contributed by atoms with E-state index in [4.69, 9.17) is 5.73 Å². The fourth-order valence-corrected chi connectivity index (χ4v) is 2.82. The maximum atomic E-state index is 12.1. The summed E-state index contributed by atoms with van der Waals surface area (Å²) < 4.78 is 28.5.